The molecule has 0 rings (SSSR count). The van der Waals surface area contributed by atoms with Crippen LogP contribution in [0, 0.1) is 0 Å². The fourth-order valence-corrected chi connectivity index (χ4v) is 2.78. The molecule has 0 aliphatic heterocycles. The zero-order valence-electron chi connectivity index (χ0n) is 4.37. The second-order valence-corrected chi connectivity index (χ2v) is 5.80. The summed E-state index contributed by atoms with van der Waals surface area (Å²) in [4.78, 5) is 2.08. The predicted molar refractivity (Wildman–Crippen MR) is 38.6 cm³/mol. The van der Waals surface area contributed by atoms with Gasteiger partial charge in [0.25, 0.3) is 0 Å². The Morgan fingerprint density at radius 1 is 1.22 bits per heavy atom. The molecule has 0 spiro atoms. The molecule has 0 fully saturated rings. The Labute approximate surface area is 65.8 Å². The van der Waals surface area contributed by atoms with Crippen LogP contribution in [-0.2, 0) is 3.74 Å². The fourth-order valence-electron chi connectivity index (χ4n) is 0.211. The Hall–Kier alpha value is 0.378. The molecule has 0 aliphatic rings. The molecule has 5 heteroatoms. The Balaban J connectivity index is 4.21. The molecule has 0 radical (unpaired) electrons. The standard InChI is InChI=1S/C4H5AsCl2O2/c6-3-1-5(8,9)2-4-7/h1-4H,(H,8,9)/b3-1+,4-2+. The van der Waals surface area contributed by atoms with Gasteiger partial charge >= 0.3 is 65.7 Å². The van der Waals surface area contributed by atoms with Crippen molar-refractivity contribution in [2.75, 3.05) is 0 Å². The summed E-state index contributed by atoms with van der Waals surface area (Å²) in [5, 5.41) is 0. The molecule has 0 atom stereocenters. The molecule has 52 valence electrons. The maximum atomic E-state index is 10.7. The van der Waals surface area contributed by atoms with Gasteiger partial charge in [0, 0.05) is 0 Å². The zero-order chi connectivity index (χ0) is 7.33. The van der Waals surface area contributed by atoms with Crippen LogP contribution < -0.4 is 0 Å². The van der Waals surface area contributed by atoms with Gasteiger partial charge in [-0.2, -0.15) is 0 Å². The SMILES string of the molecule is O=[As](O)(/C=C/Cl)/C=C/Cl. The summed E-state index contributed by atoms with van der Waals surface area (Å²) in [6.07, 6.45) is 0. The summed E-state index contributed by atoms with van der Waals surface area (Å²) in [7, 11) is 0. The molecule has 0 aromatic rings. The number of hydrogen-bond donors (Lipinski definition) is 1. The van der Waals surface area contributed by atoms with Gasteiger partial charge in [0.05, 0.1) is 0 Å². The van der Waals surface area contributed by atoms with Crippen molar-refractivity contribution in [1.82, 2.24) is 0 Å². The molecule has 0 bridgehead atoms. The van der Waals surface area contributed by atoms with Crippen LogP contribution >= 0.6 is 23.2 Å². The molecule has 0 aromatic heterocycles. The van der Waals surface area contributed by atoms with Gasteiger partial charge in [-0.05, 0) is 0 Å². The van der Waals surface area contributed by atoms with Crippen molar-refractivity contribution in [2.45, 2.75) is 0 Å². The molecule has 1 N–H and O–H groups in total. The third-order valence-electron chi connectivity index (χ3n) is 0.540. The Kier molecular flexibility index (Phi) is 4.41. The second-order valence-electron chi connectivity index (χ2n) is 1.22. The van der Waals surface area contributed by atoms with Gasteiger partial charge in [-0.15, -0.1) is 0 Å². The molecule has 0 saturated heterocycles. The maximum absolute atomic E-state index is 10.7. The van der Waals surface area contributed by atoms with Crippen molar-refractivity contribution in [1.29, 1.82) is 0 Å². The predicted octanol–water partition coefficient (Wildman–Crippen LogP) is 1.43. The van der Waals surface area contributed by atoms with E-state index in [0.29, 0.717) is 0 Å². The third kappa shape index (κ3) is 4.86. The van der Waals surface area contributed by atoms with Crippen molar-refractivity contribution in [2.24, 2.45) is 0 Å². The van der Waals surface area contributed by atoms with Crippen LogP contribution in [-0.4, -0.2) is 17.9 Å². The Morgan fingerprint density at radius 2 is 1.56 bits per heavy atom. The van der Waals surface area contributed by atoms with E-state index in [0.717, 1.165) is 20.8 Å². The van der Waals surface area contributed by atoms with Gasteiger partial charge < -0.3 is 0 Å². The van der Waals surface area contributed by atoms with E-state index in [2.05, 4.69) is 0 Å². The van der Waals surface area contributed by atoms with Crippen LogP contribution in [0.15, 0.2) is 20.8 Å². The second kappa shape index (κ2) is 4.23. The normalized spacial score (nSPS) is 13.7. The third-order valence-corrected chi connectivity index (χ3v) is 3.98. The number of rotatable bonds is 2. The topological polar surface area (TPSA) is 37.3 Å². The quantitative estimate of drug-likeness (QED) is 0.730. The van der Waals surface area contributed by atoms with Crippen LogP contribution in [0.2, 0.25) is 0 Å². The van der Waals surface area contributed by atoms with E-state index >= 15 is 0 Å². The molecule has 9 heavy (non-hydrogen) atoms. The minimum atomic E-state index is -3.89. The summed E-state index contributed by atoms with van der Waals surface area (Å²) in [6.45, 7) is 0. The van der Waals surface area contributed by atoms with Crippen molar-refractivity contribution >= 4 is 37.0 Å². The summed E-state index contributed by atoms with van der Waals surface area (Å²) in [5.74, 6) is 0. The molecular weight excluding hydrogens is 226 g/mol. The van der Waals surface area contributed by atoms with Crippen molar-refractivity contribution in [3.63, 3.8) is 0 Å². The fraction of sp³-hybridized carbons (Fsp3) is 0. The molecule has 0 unspecified atom stereocenters. The first-order valence-electron chi connectivity index (χ1n) is 2.00. The van der Waals surface area contributed by atoms with E-state index in [4.69, 9.17) is 27.3 Å². The monoisotopic (exact) mass is 230 g/mol. The van der Waals surface area contributed by atoms with E-state index in [9.17, 15) is 3.74 Å². The minimum absolute atomic E-state index is 1.01. The van der Waals surface area contributed by atoms with Gasteiger partial charge in [-0.3, -0.25) is 0 Å². The van der Waals surface area contributed by atoms with E-state index in [-0.39, 0.29) is 0 Å². The van der Waals surface area contributed by atoms with E-state index in [1.54, 1.807) is 0 Å². The van der Waals surface area contributed by atoms with Crippen LogP contribution in [0.5, 0.6) is 0 Å². The van der Waals surface area contributed by atoms with Crippen LogP contribution in [0.25, 0.3) is 0 Å². The van der Waals surface area contributed by atoms with Crippen LogP contribution in [0.4, 0.5) is 0 Å². The van der Waals surface area contributed by atoms with Gasteiger partial charge in [0.2, 0.25) is 0 Å². The van der Waals surface area contributed by atoms with Gasteiger partial charge in [-0.1, -0.05) is 0 Å². The molecule has 2 nitrogen and oxygen atoms in total. The molecule has 0 aliphatic carbocycles. The first-order valence-corrected chi connectivity index (χ1v) is 6.65. The number of halogens is 2. The first kappa shape index (κ1) is 9.38. The summed E-state index contributed by atoms with van der Waals surface area (Å²) in [5.41, 5.74) is 2.02. The van der Waals surface area contributed by atoms with E-state index < -0.39 is 13.8 Å². The van der Waals surface area contributed by atoms with Crippen molar-refractivity contribution in [3.8, 4) is 0 Å². The van der Waals surface area contributed by atoms with Crippen LogP contribution in [0.1, 0.15) is 0 Å². The van der Waals surface area contributed by atoms with Crippen LogP contribution in [0.3, 0.4) is 0 Å². The van der Waals surface area contributed by atoms with Crippen molar-refractivity contribution < 1.29 is 7.84 Å². The molecule has 0 heterocycles. The van der Waals surface area contributed by atoms with E-state index in [1.807, 2.05) is 0 Å². The van der Waals surface area contributed by atoms with Gasteiger partial charge in [-0.25, -0.2) is 0 Å². The summed E-state index contributed by atoms with van der Waals surface area (Å²) >= 11 is 6.21. The average molecular weight is 231 g/mol. The van der Waals surface area contributed by atoms with Crippen molar-refractivity contribution in [3.05, 3.63) is 20.8 Å². The average Bonchev–Trinajstić information content (AvgIpc) is 1.64. The van der Waals surface area contributed by atoms with Gasteiger partial charge in [0.15, 0.2) is 0 Å². The Morgan fingerprint density at radius 3 is 1.78 bits per heavy atom. The van der Waals surface area contributed by atoms with Gasteiger partial charge in [0.1, 0.15) is 0 Å². The summed E-state index contributed by atoms with van der Waals surface area (Å²) < 4.78 is 19.5. The molecule has 0 aromatic carbocycles. The Bertz CT molecular complexity index is 159. The first-order chi connectivity index (χ1) is 4.12. The zero-order valence-corrected chi connectivity index (χ0v) is 7.76. The van der Waals surface area contributed by atoms with E-state index in [1.165, 1.54) is 0 Å². The summed E-state index contributed by atoms with van der Waals surface area (Å²) in [6, 6.07) is 0. The number of hydrogen-bond acceptors (Lipinski definition) is 1. The molecule has 0 amide bonds. The molecular formula is C4H5AsCl2O2. The molecule has 0 saturated carbocycles.